The van der Waals surface area contributed by atoms with E-state index in [1.54, 1.807) is 6.07 Å². The number of benzene rings is 1. The first-order valence-corrected chi connectivity index (χ1v) is 9.27. The first kappa shape index (κ1) is 20.1. The smallest absolute Gasteiger partial charge is 0.325 e. The van der Waals surface area contributed by atoms with E-state index in [4.69, 9.17) is 11.6 Å². The summed E-state index contributed by atoms with van der Waals surface area (Å²) < 4.78 is 15.3. The summed E-state index contributed by atoms with van der Waals surface area (Å²) in [6, 6.07) is 4.67. The van der Waals surface area contributed by atoms with Crippen LogP contribution in [0.3, 0.4) is 0 Å². The first-order valence-electron chi connectivity index (χ1n) is 8.89. The van der Waals surface area contributed by atoms with Gasteiger partial charge >= 0.3 is 6.03 Å². The number of amides is 3. The third-order valence-electron chi connectivity index (χ3n) is 5.24. The van der Waals surface area contributed by atoms with Crippen LogP contribution in [0.5, 0.6) is 0 Å². The van der Waals surface area contributed by atoms with Crippen LogP contribution in [-0.4, -0.2) is 33.7 Å². The van der Waals surface area contributed by atoms with Gasteiger partial charge in [-0.15, -0.1) is 0 Å². The van der Waals surface area contributed by atoms with Crippen LogP contribution in [-0.2, 0) is 16.9 Å². The van der Waals surface area contributed by atoms with Crippen LogP contribution >= 0.6 is 11.6 Å². The van der Waals surface area contributed by atoms with Gasteiger partial charge in [-0.3, -0.25) is 14.5 Å². The second-order valence-corrected chi connectivity index (χ2v) is 7.43. The number of ketones is 1. The Labute approximate surface area is 167 Å². The van der Waals surface area contributed by atoms with Gasteiger partial charge in [0.25, 0.3) is 5.91 Å². The summed E-state index contributed by atoms with van der Waals surface area (Å²) in [5, 5.41) is 2.60. The van der Waals surface area contributed by atoms with E-state index < -0.39 is 23.3 Å². The molecular formula is C20H21ClFN3O3. The Morgan fingerprint density at radius 1 is 1.25 bits per heavy atom. The van der Waals surface area contributed by atoms with E-state index in [1.165, 1.54) is 19.1 Å². The Morgan fingerprint density at radius 3 is 2.50 bits per heavy atom. The largest absolute Gasteiger partial charge is 0.349 e. The minimum Gasteiger partial charge on any atom is -0.349 e. The topological polar surface area (TPSA) is 71.4 Å². The fourth-order valence-electron chi connectivity index (χ4n) is 3.72. The van der Waals surface area contributed by atoms with Crippen molar-refractivity contribution in [1.82, 2.24) is 14.8 Å². The number of urea groups is 1. The summed E-state index contributed by atoms with van der Waals surface area (Å²) in [7, 11) is 0. The third-order valence-corrected chi connectivity index (χ3v) is 5.55. The minimum absolute atomic E-state index is 0.0239. The van der Waals surface area contributed by atoms with E-state index in [0.717, 1.165) is 28.9 Å². The quantitative estimate of drug-likeness (QED) is 0.610. The van der Waals surface area contributed by atoms with Crippen molar-refractivity contribution in [3.63, 3.8) is 0 Å². The average molecular weight is 406 g/mol. The van der Waals surface area contributed by atoms with Crippen molar-refractivity contribution in [1.29, 1.82) is 0 Å². The summed E-state index contributed by atoms with van der Waals surface area (Å²) in [4.78, 5) is 39.1. The number of aromatic nitrogens is 1. The molecule has 1 aromatic carbocycles. The molecule has 1 unspecified atom stereocenters. The predicted octanol–water partition coefficient (Wildman–Crippen LogP) is 3.57. The zero-order chi connectivity index (χ0) is 20.8. The number of nitrogens with zero attached hydrogens (tertiary/aromatic N) is 2. The maximum Gasteiger partial charge on any atom is 0.325 e. The molecule has 0 radical (unpaired) electrons. The molecule has 1 aliphatic rings. The van der Waals surface area contributed by atoms with Gasteiger partial charge in [0, 0.05) is 34.1 Å². The highest BCUT2D eigenvalue weighted by molar-refractivity contribution is 6.32. The minimum atomic E-state index is -1.47. The Hall–Kier alpha value is -2.67. The Morgan fingerprint density at radius 2 is 1.93 bits per heavy atom. The number of aryl methyl sites for hydroxylation is 1. The van der Waals surface area contributed by atoms with E-state index in [2.05, 4.69) is 5.32 Å². The molecule has 3 rings (SSSR count). The van der Waals surface area contributed by atoms with Gasteiger partial charge in [-0.2, -0.15) is 0 Å². The monoisotopic (exact) mass is 405 g/mol. The van der Waals surface area contributed by atoms with Crippen molar-refractivity contribution in [3.05, 3.63) is 57.6 Å². The molecule has 28 heavy (non-hydrogen) atoms. The van der Waals surface area contributed by atoms with Gasteiger partial charge in [-0.25, -0.2) is 9.18 Å². The number of hydrogen-bond acceptors (Lipinski definition) is 3. The second kappa shape index (κ2) is 7.05. The number of halogens is 2. The van der Waals surface area contributed by atoms with Gasteiger partial charge in [0.05, 0.1) is 6.54 Å². The molecule has 1 N–H and O–H groups in total. The zero-order valence-corrected chi connectivity index (χ0v) is 16.9. The molecule has 1 aliphatic heterocycles. The summed E-state index contributed by atoms with van der Waals surface area (Å²) in [5.74, 6) is -1.48. The summed E-state index contributed by atoms with van der Waals surface area (Å²) >= 11 is 6.09. The van der Waals surface area contributed by atoms with Gasteiger partial charge in [0.15, 0.2) is 5.78 Å². The zero-order valence-electron chi connectivity index (χ0n) is 16.1. The molecule has 0 bridgehead atoms. The summed E-state index contributed by atoms with van der Waals surface area (Å²) in [6.07, 6.45) is 0. The van der Waals surface area contributed by atoms with Crippen LogP contribution in [0.1, 0.15) is 41.2 Å². The van der Waals surface area contributed by atoms with Gasteiger partial charge < -0.3 is 9.88 Å². The molecule has 1 aromatic heterocycles. The highest BCUT2D eigenvalue weighted by Crippen LogP contribution is 2.34. The lowest BCUT2D eigenvalue weighted by Crippen LogP contribution is -2.41. The number of rotatable bonds is 5. The molecule has 2 heterocycles. The van der Waals surface area contributed by atoms with Crippen molar-refractivity contribution in [2.24, 2.45) is 0 Å². The molecule has 2 aromatic rings. The first-order chi connectivity index (χ1) is 13.1. The summed E-state index contributed by atoms with van der Waals surface area (Å²) in [6.45, 7) is 7.53. The molecular weight excluding hydrogens is 385 g/mol. The lowest BCUT2D eigenvalue weighted by atomic mass is 9.92. The molecule has 3 amide bonds. The van der Waals surface area contributed by atoms with Crippen molar-refractivity contribution in [3.8, 4) is 0 Å². The van der Waals surface area contributed by atoms with Crippen LogP contribution in [0.25, 0.3) is 0 Å². The molecule has 0 saturated carbocycles. The Balaban J connectivity index is 1.89. The molecule has 148 valence electrons. The van der Waals surface area contributed by atoms with Gasteiger partial charge in [0.2, 0.25) is 0 Å². The molecule has 0 spiro atoms. The van der Waals surface area contributed by atoms with Crippen molar-refractivity contribution in [2.75, 3.05) is 6.54 Å². The lowest BCUT2D eigenvalue weighted by Gasteiger charge is -2.23. The molecule has 1 fully saturated rings. The van der Waals surface area contributed by atoms with E-state index in [0.29, 0.717) is 5.56 Å². The van der Waals surface area contributed by atoms with Crippen LogP contribution in [0.4, 0.5) is 9.18 Å². The number of carbonyl (C=O) groups excluding carboxylic acids is 3. The molecule has 1 saturated heterocycles. The molecule has 6 nitrogen and oxygen atoms in total. The van der Waals surface area contributed by atoms with Crippen LogP contribution < -0.4 is 5.32 Å². The second-order valence-electron chi connectivity index (χ2n) is 7.02. The summed E-state index contributed by atoms with van der Waals surface area (Å²) in [5.41, 5.74) is 1.01. The SMILES string of the molecule is CCn1c(C)cc(C(=O)CN2C(=O)NC(C)(c3ccc(F)cc3Cl)C2=O)c1C. The Kier molecular flexibility index (Phi) is 5.06. The standard InChI is InChI=1S/C20H21ClFN3O3/c1-5-24-11(2)8-14(12(24)3)17(26)10-25-18(27)20(4,23-19(25)28)15-7-6-13(22)9-16(15)21/h6-9H,5,10H2,1-4H3,(H,23,28). The normalized spacial score (nSPS) is 19.3. The van der Waals surface area contributed by atoms with Crippen LogP contribution in [0, 0.1) is 19.7 Å². The maximum atomic E-state index is 13.4. The number of hydrogen-bond donors (Lipinski definition) is 1. The van der Waals surface area contributed by atoms with E-state index in [1.807, 2.05) is 25.3 Å². The number of imide groups is 1. The molecule has 1 atom stereocenters. The number of Topliss-reactive ketones (excluding diaryl/α,β-unsaturated/α-hetero) is 1. The van der Waals surface area contributed by atoms with Gasteiger partial charge in [0.1, 0.15) is 11.4 Å². The highest BCUT2D eigenvalue weighted by atomic mass is 35.5. The van der Waals surface area contributed by atoms with E-state index in [-0.39, 0.29) is 22.9 Å². The fourth-order valence-corrected chi connectivity index (χ4v) is 4.07. The van der Waals surface area contributed by atoms with Crippen LogP contribution in [0.2, 0.25) is 5.02 Å². The average Bonchev–Trinajstić information content (AvgIpc) is 3.02. The fraction of sp³-hybridized carbons (Fsp3) is 0.350. The lowest BCUT2D eigenvalue weighted by molar-refractivity contribution is -0.130. The molecule has 0 aliphatic carbocycles. The van der Waals surface area contributed by atoms with Crippen molar-refractivity contribution in [2.45, 2.75) is 39.8 Å². The number of carbonyl (C=O) groups is 3. The van der Waals surface area contributed by atoms with Crippen molar-refractivity contribution < 1.29 is 18.8 Å². The maximum absolute atomic E-state index is 13.4. The molecule has 8 heteroatoms. The van der Waals surface area contributed by atoms with E-state index >= 15 is 0 Å². The number of nitrogens with one attached hydrogen (secondary N) is 1. The van der Waals surface area contributed by atoms with Crippen molar-refractivity contribution >= 4 is 29.3 Å². The predicted molar refractivity (Wildman–Crippen MR) is 103 cm³/mol. The Bertz CT molecular complexity index is 1000. The van der Waals surface area contributed by atoms with E-state index in [9.17, 15) is 18.8 Å². The van der Waals surface area contributed by atoms with Gasteiger partial charge in [-0.05, 0) is 45.9 Å². The highest BCUT2D eigenvalue weighted by Gasteiger charge is 2.50. The third kappa shape index (κ3) is 3.09. The van der Waals surface area contributed by atoms with Crippen LogP contribution in [0.15, 0.2) is 24.3 Å². The van der Waals surface area contributed by atoms with Gasteiger partial charge in [-0.1, -0.05) is 17.7 Å².